The molecule has 0 aliphatic heterocycles. The van der Waals surface area contributed by atoms with Crippen LogP contribution in [0.15, 0.2) is 72.8 Å². The normalized spacial score (nSPS) is 9.94. The van der Waals surface area contributed by atoms with Crippen LogP contribution in [0, 0.1) is 11.3 Å². The molecule has 0 heterocycles. The molecule has 0 aromatic heterocycles. The molecule has 7 nitrogen and oxygen atoms in total. The van der Waals surface area contributed by atoms with Crippen LogP contribution in [0.1, 0.15) is 23.7 Å². The van der Waals surface area contributed by atoms with E-state index in [0.717, 1.165) is 5.75 Å². The van der Waals surface area contributed by atoms with E-state index in [9.17, 15) is 9.59 Å². The smallest absolute Gasteiger partial charge is 0.255 e. The molecule has 0 bridgehead atoms. The number of nitriles is 1. The second kappa shape index (κ2) is 10.5. The van der Waals surface area contributed by atoms with E-state index in [1.54, 1.807) is 54.6 Å². The second-order valence-electron chi connectivity index (χ2n) is 6.45. The monoisotopic (exact) mass is 415 g/mol. The van der Waals surface area contributed by atoms with Gasteiger partial charge in [0.1, 0.15) is 23.7 Å². The minimum atomic E-state index is -0.396. The fourth-order valence-electron chi connectivity index (χ4n) is 2.70. The number of rotatable bonds is 8. The molecule has 0 saturated carbocycles. The maximum absolute atomic E-state index is 12.4. The average Bonchev–Trinajstić information content (AvgIpc) is 2.77. The summed E-state index contributed by atoms with van der Waals surface area (Å²) in [5.74, 6) is 1.43. The lowest BCUT2D eigenvalue weighted by molar-refractivity contribution is -0.115. The van der Waals surface area contributed by atoms with Crippen molar-refractivity contribution in [1.82, 2.24) is 0 Å². The van der Waals surface area contributed by atoms with Crippen LogP contribution >= 0.6 is 0 Å². The molecule has 0 unspecified atom stereocenters. The van der Waals surface area contributed by atoms with Crippen LogP contribution in [0.2, 0.25) is 0 Å². The fourth-order valence-corrected chi connectivity index (χ4v) is 2.70. The van der Waals surface area contributed by atoms with Crippen molar-refractivity contribution in [2.24, 2.45) is 0 Å². The number of carbonyl (C=O) groups is 2. The number of ether oxygens (including phenoxy) is 2. The number of nitrogens with zero attached hydrogens (tertiary/aromatic N) is 1. The van der Waals surface area contributed by atoms with E-state index < -0.39 is 5.91 Å². The van der Waals surface area contributed by atoms with Gasteiger partial charge in [-0.3, -0.25) is 9.59 Å². The van der Waals surface area contributed by atoms with E-state index >= 15 is 0 Å². The van der Waals surface area contributed by atoms with Gasteiger partial charge in [-0.15, -0.1) is 0 Å². The Labute approximate surface area is 180 Å². The van der Waals surface area contributed by atoms with Gasteiger partial charge in [-0.1, -0.05) is 0 Å². The minimum absolute atomic E-state index is 0.222. The summed E-state index contributed by atoms with van der Waals surface area (Å²) >= 11 is 0. The first-order valence-corrected chi connectivity index (χ1v) is 9.66. The Morgan fingerprint density at radius 2 is 1.32 bits per heavy atom. The van der Waals surface area contributed by atoms with Gasteiger partial charge in [0.15, 0.2) is 0 Å². The molecule has 0 saturated heterocycles. The van der Waals surface area contributed by atoms with Crippen molar-refractivity contribution in [3.05, 3.63) is 78.4 Å². The Hall–Kier alpha value is -4.31. The van der Waals surface area contributed by atoms with Crippen molar-refractivity contribution < 1.29 is 19.1 Å². The number of anilines is 2. The highest BCUT2D eigenvalue weighted by atomic mass is 16.5. The average molecular weight is 415 g/mol. The standard InChI is InChI=1S/C24H21N3O4/c1-2-30-20-11-13-22(14-12-20)31-21-9-7-19(8-10-21)27-24(29)17-3-5-18(6-4-17)26-23(28)15-16-25/h3-14H,2,15H2,1H3,(H,26,28)(H,27,29). The SMILES string of the molecule is CCOc1ccc(Oc2ccc(NC(=O)c3ccc(NC(=O)CC#N)cc3)cc2)cc1. The molecule has 0 atom stereocenters. The zero-order chi connectivity index (χ0) is 22.1. The third kappa shape index (κ3) is 6.34. The zero-order valence-corrected chi connectivity index (χ0v) is 16.9. The Kier molecular flexibility index (Phi) is 7.22. The third-order valence-corrected chi connectivity index (χ3v) is 4.15. The van der Waals surface area contributed by atoms with Crippen LogP contribution in [0.4, 0.5) is 11.4 Å². The van der Waals surface area contributed by atoms with Crippen LogP contribution in [-0.2, 0) is 4.79 Å². The van der Waals surface area contributed by atoms with Crippen LogP contribution in [0.3, 0.4) is 0 Å². The summed E-state index contributed by atoms with van der Waals surface area (Å²) in [6.45, 7) is 2.54. The van der Waals surface area contributed by atoms with Crippen LogP contribution in [-0.4, -0.2) is 18.4 Å². The molecule has 3 aromatic carbocycles. The van der Waals surface area contributed by atoms with Crippen LogP contribution < -0.4 is 20.1 Å². The number of hydrogen-bond donors (Lipinski definition) is 2. The number of hydrogen-bond acceptors (Lipinski definition) is 5. The summed E-state index contributed by atoms with van der Waals surface area (Å²) in [6.07, 6.45) is -0.222. The Bertz CT molecular complexity index is 1070. The molecule has 3 aromatic rings. The molecular formula is C24H21N3O4. The van der Waals surface area contributed by atoms with Crippen molar-refractivity contribution in [2.75, 3.05) is 17.2 Å². The van der Waals surface area contributed by atoms with Gasteiger partial charge >= 0.3 is 0 Å². The molecular weight excluding hydrogens is 394 g/mol. The Balaban J connectivity index is 1.56. The molecule has 2 N–H and O–H groups in total. The fraction of sp³-hybridized carbons (Fsp3) is 0.125. The molecule has 0 spiro atoms. The Morgan fingerprint density at radius 3 is 1.90 bits per heavy atom. The van der Waals surface area contributed by atoms with Crippen molar-refractivity contribution >= 4 is 23.2 Å². The first-order chi connectivity index (χ1) is 15.1. The summed E-state index contributed by atoms with van der Waals surface area (Å²) in [5, 5.41) is 13.9. The van der Waals surface area contributed by atoms with E-state index in [1.165, 1.54) is 0 Å². The van der Waals surface area contributed by atoms with Crippen LogP contribution in [0.5, 0.6) is 17.2 Å². The first-order valence-electron chi connectivity index (χ1n) is 9.66. The highest BCUT2D eigenvalue weighted by Gasteiger charge is 2.08. The molecule has 0 aliphatic rings. The van der Waals surface area contributed by atoms with E-state index in [-0.39, 0.29) is 12.3 Å². The van der Waals surface area contributed by atoms with Gasteiger partial charge in [-0.05, 0) is 79.7 Å². The number of amides is 2. The van der Waals surface area contributed by atoms with E-state index in [1.807, 2.05) is 31.2 Å². The van der Waals surface area contributed by atoms with E-state index in [2.05, 4.69) is 10.6 Å². The molecule has 7 heteroatoms. The van der Waals surface area contributed by atoms with E-state index in [4.69, 9.17) is 14.7 Å². The maximum atomic E-state index is 12.4. The highest BCUT2D eigenvalue weighted by molar-refractivity contribution is 6.04. The summed E-state index contributed by atoms with van der Waals surface area (Å²) in [7, 11) is 0. The lowest BCUT2D eigenvalue weighted by Crippen LogP contribution is -2.13. The molecule has 0 aliphatic carbocycles. The Morgan fingerprint density at radius 1 is 0.806 bits per heavy atom. The summed E-state index contributed by atoms with van der Waals surface area (Å²) < 4.78 is 11.2. The molecule has 156 valence electrons. The summed E-state index contributed by atoms with van der Waals surface area (Å²) in [4.78, 5) is 23.9. The third-order valence-electron chi connectivity index (χ3n) is 4.15. The number of nitrogens with one attached hydrogen (secondary N) is 2. The molecule has 3 rings (SSSR count). The first kappa shape index (κ1) is 21.4. The van der Waals surface area contributed by atoms with Gasteiger partial charge in [-0.2, -0.15) is 5.26 Å². The van der Waals surface area contributed by atoms with Gasteiger partial charge in [0.25, 0.3) is 5.91 Å². The van der Waals surface area contributed by atoms with Gasteiger partial charge in [0.2, 0.25) is 5.91 Å². The van der Waals surface area contributed by atoms with Crippen molar-refractivity contribution in [1.29, 1.82) is 5.26 Å². The maximum Gasteiger partial charge on any atom is 0.255 e. The topological polar surface area (TPSA) is 100 Å². The predicted octanol–water partition coefficient (Wildman–Crippen LogP) is 4.98. The van der Waals surface area contributed by atoms with Crippen LogP contribution in [0.25, 0.3) is 0 Å². The summed E-state index contributed by atoms with van der Waals surface area (Å²) in [6, 6.07) is 22.6. The zero-order valence-electron chi connectivity index (χ0n) is 16.9. The largest absolute Gasteiger partial charge is 0.494 e. The van der Waals surface area contributed by atoms with E-state index in [0.29, 0.717) is 35.0 Å². The van der Waals surface area contributed by atoms with Gasteiger partial charge in [0, 0.05) is 16.9 Å². The van der Waals surface area contributed by atoms with Crippen molar-refractivity contribution in [3.63, 3.8) is 0 Å². The van der Waals surface area contributed by atoms with Gasteiger partial charge in [-0.25, -0.2) is 0 Å². The quantitative estimate of drug-likeness (QED) is 0.540. The summed E-state index contributed by atoms with van der Waals surface area (Å²) in [5.41, 5.74) is 1.58. The molecule has 0 radical (unpaired) electrons. The van der Waals surface area contributed by atoms with Crippen molar-refractivity contribution in [2.45, 2.75) is 13.3 Å². The number of benzene rings is 3. The molecule has 0 fully saturated rings. The van der Waals surface area contributed by atoms with Crippen molar-refractivity contribution in [3.8, 4) is 23.3 Å². The lowest BCUT2D eigenvalue weighted by atomic mass is 10.2. The number of carbonyl (C=O) groups excluding carboxylic acids is 2. The molecule has 2 amide bonds. The lowest BCUT2D eigenvalue weighted by Gasteiger charge is -2.09. The minimum Gasteiger partial charge on any atom is -0.494 e. The molecule has 31 heavy (non-hydrogen) atoms. The highest BCUT2D eigenvalue weighted by Crippen LogP contribution is 2.25. The second-order valence-corrected chi connectivity index (χ2v) is 6.45. The van der Waals surface area contributed by atoms with Gasteiger partial charge in [0.05, 0.1) is 12.7 Å². The predicted molar refractivity (Wildman–Crippen MR) is 117 cm³/mol. The van der Waals surface area contributed by atoms with Gasteiger partial charge < -0.3 is 20.1 Å².